The zero-order valence-electron chi connectivity index (χ0n) is 8.73. The summed E-state index contributed by atoms with van der Waals surface area (Å²) in [5.74, 6) is -0.141. The first-order valence-corrected chi connectivity index (χ1v) is 5.12. The molecule has 0 aliphatic carbocycles. The Morgan fingerprint density at radius 1 is 1.80 bits per heavy atom. The number of nitrogens with zero attached hydrogens (tertiary/aromatic N) is 2. The number of rotatable bonds is 2. The Hall–Kier alpha value is -1.36. The van der Waals surface area contributed by atoms with Gasteiger partial charge < -0.3 is 15.4 Å². The largest absolute Gasteiger partial charge is 0.480 e. The minimum absolute atomic E-state index is 0.322. The molecule has 15 heavy (non-hydrogen) atoms. The second-order valence-corrected chi connectivity index (χ2v) is 4.08. The normalized spacial score (nSPS) is 24.9. The minimum atomic E-state index is -1.13. The van der Waals surface area contributed by atoms with Crippen LogP contribution in [0.4, 0.5) is 0 Å². The van der Waals surface area contributed by atoms with Crippen LogP contribution in [0, 0.1) is 0 Å². The molecule has 5 nitrogen and oxygen atoms in total. The van der Waals surface area contributed by atoms with E-state index in [1.807, 2.05) is 17.7 Å². The lowest BCUT2D eigenvalue weighted by Gasteiger charge is -2.29. The molecule has 1 aromatic rings. The van der Waals surface area contributed by atoms with Gasteiger partial charge in [-0.05, 0) is 12.8 Å². The molecule has 0 spiro atoms. The number of aromatic nitrogens is 2. The minimum Gasteiger partial charge on any atom is -0.480 e. The first kappa shape index (κ1) is 10.2. The van der Waals surface area contributed by atoms with Gasteiger partial charge in [0, 0.05) is 19.2 Å². The number of carboxylic acid groups (broad SMARTS) is 1. The summed E-state index contributed by atoms with van der Waals surface area (Å²) in [5, 5.41) is 9.03. The van der Waals surface area contributed by atoms with E-state index in [0.717, 1.165) is 17.9 Å². The Labute approximate surface area is 87.9 Å². The summed E-state index contributed by atoms with van der Waals surface area (Å²) in [6, 6.07) is 0. The molecule has 1 unspecified atom stereocenters. The number of aliphatic carboxylic acids is 1. The number of carbonyl (C=O) groups is 1. The van der Waals surface area contributed by atoms with E-state index in [1.54, 1.807) is 0 Å². The number of nitrogens with two attached hydrogens (primary N) is 1. The van der Waals surface area contributed by atoms with Crippen molar-refractivity contribution in [3.05, 3.63) is 17.7 Å². The predicted octanol–water partition coefficient (Wildman–Crippen LogP) is 0.174. The van der Waals surface area contributed by atoms with Gasteiger partial charge in [-0.3, -0.25) is 4.79 Å². The average molecular weight is 209 g/mol. The molecule has 0 fully saturated rings. The number of hydrogen-bond acceptors (Lipinski definition) is 3. The van der Waals surface area contributed by atoms with Crippen LogP contribution in [-0.2, 0) is 24.2 Å². The van der Waals surface area contributed by atoms with Crippen LogP contribution in [0.25, 0.3) is 0 Å². The summed E-state index contributed by atoms with van der Waals surface area (Å²) in [4.78, 5) is 15.4. The van der Waals surface area contributed by atoms with Gasteiger partial charge in [0.1, 0.15) is 11.4 Å². The van der Waals surface area contributed by atoms with Gasteiger partial charge in [0.25, 0.3) is 0 Å². The average Bonchev–Trinajstić information content (AvgIpc) is 2.59. The molecule has 82 valence electrons. The van der Waals surface area contributed by atoms with Gasteiger partial charge in [0.15, 0.2) is 0 Å². The first-order chi connectivity index (χ1) is 7.05. The molecular formula is C10H15N3O2. The molecule has 5 heteroatoms. The lowest BCUT2D eigenvalue weighted by Crippen LogP contribution is -2.53. The summed E-state index contributed by atoms with van der Waals surface area (Å²) in [6.45, 7) is 2.67. The SMILES string of the molecule is CCc1cn2c(n1)CC(N)(C(=O)O)CC2. The van der Waals surface area contributed by atoms with Crippen molar-refractivity contribution in [2.24, 2.45) is 5.73 Å². The van der Waals surface area contributed by atoms with Crippen molar-refractivity contribution in [3.8, 4) is 0 Å². The molecule has 3 N–H and O–H groups in total. The van der Waals surface area contributed by atoms with Crippen molar-refractivity contribution in [1.29, 1.82) is 0 Å². The molecular weight excluding hydrogens is 194 g/mol. The maximum absolute atomic E-state index is 11.0. The molecule has 1 atom stereocenters. The van der Waals surface area contributed by atoms with E-state index in [0.29, 0.717) is 19.4 Å². The Bertz CT molecular complexity index is 399. The first-order valence-electron chi connectivity index (χ1n) is 5.12. The molecule has 1 aliphatic heterocycles. The predicted molar refractivity (Wildman–Crippen MR) is 54.5 cm³/mol. The van der Waals surface area contributed by atoms with E-state index in [9.17, 15) is 4.79 Å². The third kappa shape index (κ3) is 1.63. The van der Waals surface area contributed by atoms with Gasteiger partial charge in [-0.25, -0.2) is 4.98 Å². The fourth-order valence-corrected chi connectivity index (χ4v) is 1.89. The summed E-state index contributed by atoms with van der Waals surface area (Å²) in [5.41, 5.74) is 5.68. The van der Waals surface area contributed by atoms with Crippen LogP contribution < -0.4 is 5.73 Å². The van der Waals surface area contributed by atoms with E-state index in [-0.39, 0.29) is 0 Å². The highest BCUT2D eigenvalue weighted by atomic mass is 16.4. The Balaban J connectivity index is 2.30. The number of hydrogen-bond donors (Lipinski definition) is 2. The number of aryl methyl sites for hydroxylation is 2. The van der Waals surface area contributed by atoms with Gasteiger partial charge >= 0.3 is 5.97 Å². The quantitative estimate of drug-likeness (QED) is 0.727. The summed E-state index contributed by atoms with van der Waals surface area (Å²) in [7, 11) is 0. The van der Waals surface area contributed by atoms with E-state index in [1.165, 1.54) is 0 Å². The van der Waals surface area contributed by atoms with Crippen molar-refractivity contribution in [2.75, 3.05) is 0 Å². The number of fused-ring (bicyclic) bond motifs is 1. The highest BCUT2D eigenvalue weighted by molar-refractivity contribution is 5.79. The standard InChI is InChI=1S/C10H15N3O2/c1-2-7-6-13-4-3-10(11,9(14)15)5-8(13)12-7/h6H,2-5,11H2,1H3,(H,14,15). The Kier molecular flexibility index (Phi) is 2.26. The van der Waals surface area contributed by atoms with Crippen LogP contribution in [0.2, 0.25) is 0 Å². The fraction of sp³-hybridized carbons (Fsp3) is 0.600. The molecule has 0 amide bonds. The second kappa shape index (κ2) is 3.34. The monoisotopic (exact) mass is 209 g/mol. The molecule has 1 aromatic heterocycles. The van der Waals surface area contributed by atoms with Crippen molar-refractivity contribution >= 4 is 5.97 Å². The molecule has 0 aromatic carbocycles. The van der Waals surface area contributed by atoms with Gasteiger partial charge in [-0.2, -0.15) is 0 Å². The lowest BCUT2D eigenvalue weighted by molar-refractivity contribution is -0.144. The van der Waals surface area contributed by atoms with Crippen molar-refractivity contribution < 1.29 is 9.90 Å². The zero-order chi connectivity index (χ0) is 11.1. The molecule has 0 saturated carbocycles. The van der Waals surface area contributed by atoms with Gasteiger partial charge in [-0.15, -0.1) is 0 Å². The lowest BCUT2D eigenvalue weighted by atomic mass is 9.89. The van der Waals surface area contributed by atoms with Gasteiger partial charge in [0.05, 0.1) is 5.69 Å². The van der Waals surface area contributed by atoms with Crippen molar-refractivity contribution in [1.82, 2.24) is 9.55 Å². The highest BCUT2D eigenvalue weighted by Gasteiger charge is 2.38. The van der Waals surface area contributed by atoms with Crippen LogP contribution >= 0.6 is 0 Å². The third-order valence-electron chi connectivity index (χ3n) is 2.97. The number of imidazole rings is 1. The van der Waals surface area contributed by atoms with E-state index in [2.05, 4.69) is 4.98 Å². The number of carboxylic acids is 1. The van der Waals surface area contributed by atoms with E-state index >= 15 is 0 Å². The summed E-state index contributed by atoms with van der Waals surface area (Å²) in [6.07, 6.45) is 3.64. The fourth-order valence-electron chi connectivity index (χ4n) is 1.89. The van der Waals surface area contributed by atoms with Gasteiger partial charge in [0.2, 0.25) is 0 Å². The van der Waals surface area contributed by atoms with Crippen LogP contribution in [0.5, 0.6) is 0 Å². The summed E-state index contributed by atoms with van der Waals surface area (Å²) < 4.78 is 2.01. The van der Waals surface area contributed by atoms with Crippen LogP contribution in [0.15, 0.2) is 6.20 Å². The Morgan fingerprint density at radius 3 is 3.13 bits per heavy atom. The smallest absolute Gasteiger partial charge is 0.324 e. The van der Waals surface area contributed by atoms with E-state index in [4.69, 9.17) is 10.8 Å². The molecule has 0 radical (unpaired) electrons. The summed E-state index contributed by atoms with van der Waals surface area (Å²) >= 11 is 0. The topological polar surface area (TPSA) is 81.1 Å². The maximum atomic E-state index is 11.0. The van der Waals surface area contributed by atoms with Crippen molar-refractivity contribution in [3.63, 3.8) is 0 Å². The molecule has 2 rings (SSSR count). The third-order valence-corrected chi connectivity index (χ3v) is 2.97. The molecule has 2 heterocycles. The van der Waals surface area contributed by atoms with Gasteiger partial charge in [-0.1, -0.05) is 6.92 Å². The zero-order valence-corrected chi connectivity index (χ0v) is 8.73. The molecule has 0 saturated heterocycles. The van der Waals surface area contributed by atoms with Crippen LogP contribution in [0.1, 0.15) is 24.9 Å². The van der Waals surface area contributed by atoms with Crippen LogP contribution in [0.3, 0.4) is 0 Å². The molecule has 0 bridgehead atoms. The maximum Gasteiger partial charge on any atom is 0.324 e. The van der Waals surface area contributed by atoms with E-state index < -0.39 is 11.5 Å². The van der Waals surface area contributed by atoms with Crippen LogP contribution in [-0.4, -0.2) is 26.2 Å². The Morgan fingerprint density at radius 2 is 2.53 bits per heavy atom. The molecule has 1 aliphatic rings. The van der Waals surface area contributed by atoms with Crippen molar-refractivity contribution in [2.45, 2.75) is 38.3 Å². The highest BCUT2D eigenvalue weighted by Crippen LogP contribution is 2.22. The second-order valence-electron chi connectivity index (χ2n) is 4.08.